The summed E-state index contributed by atoms with van der Waals surface area (Å²) in [4.78, 5) is 5.56. The highest BCUT2D eigenvalue weighted by Crippen LogP contribution is 2.19. The number of hydrogen-bond acceptors (Lipinski definition) is 2. The molecule has 20 heavy (non-hydrogen) atoms. The first-order valence-corrected chi connectivity index (χ1v) is 6.62. The van der Waals surface area contributed by atoms with E-state index in [4.69, 9.17) is 5.73 Å². The minimum atomic E-state index is -4.13. The standard InChI is InChI=1S/C12H23F3N4.HI/c1-9(2)3-5-17-11(16)18-10-4-6-19(7-10)8-12(13,14)15;/h9-10H,3-8H2,1-2H3,(H3,16,17,18);1H. The van der Waals surface area contributed by atoms with Crippen LogP contribution in [0, 0.1) is 5.92 Å². The highest BCUT2D eigenvalue weighted by molar-refractivity contribution is 14.0. The topological polar surface area (TPSA) is 53.6 Å². The smallest absolute Gasteiger partial charge is 0.370 e. The molecule has 8 heteroatoms. The Morgan fingerprint density at radius 2 is 2.10 bits per heavy atom. The van der Waals surface area contributed by atoms with Gasteiger partial charge in [0.1, 0.15) is 0 Å². The van der Waals surface area contributed by atoms with Crippen LogP contribution in [0.5, 0.6) is 0 Å². The van der Waals surface area contributed by atoms with Crippen molar-refractivity contribution in [3.63, 3.8) is 0 Å². The third kappa shape index (κ3) is 8.83. The Bertz CT molecular complexity index is 308. The minimum absolute atomic E-state index is 0. The summed E-state index contributed by atoms with van der Waals surface area (Å²) in [5.74, 6) is 0.893. The average molecular weight is 408 g/mol. The van der Waals surface area contributed by atoms with Crippen molar-refractivity contribution in [1.82, 2.24) is 10.2 Å². The lowest BCUT2D eigenvalue weighted by molar-refractivity contribution is -0.143. The van der Waals surface area contributed by atoms with Gasteiger partial charge in [0, 0.05) is 25.7 Å². The van der Waals surface area contributed by atoms with E-state index in [0.717, 1.165) is 6.42 Å². The second-order valence-corrected chi connectivity index (χ2v) is 5.43. The predicted molar refractivity (Wildman–Crippen MR) is 85.4 cm³/mol. The van der Waals surface area contributed by atoms with Crippen molar-refractivity contribution in [1.29, 1.82) is 0 Å². The fourth-order valence-electron chi connectivity index (χ4n) is 2.05. The van der Waals surface area contributed by atoms with Crippen molar-refractivity contribution in [2.24, 2.45) is 16.6 Å². The Morgan fingerprint density at radius 1 is 1.45 bits per heavy atom. The van der Waals surface area contributed by atoms with Gasteiger partial charge in [-0.15, -0.1) is 24.0 Å². The molecule has 120 valence electrons. The molecule has 0 aromatic heterocycles. The van der Waals surface area contributed by atoms with Gasteiger partial charge in [-0.3, -0.25) is 9.89 Å². The molecule has 0 aromatic carbocycles. The molecule has 0 aromatic rings. The molecular formula is C12H24F3IN4. The van der Waals surface area contributed by atoms with E-state index in [1.54, 1.807) is 0 Å². The van der Waals surface area contributed by atoms with E-state index in [9.17, 15) is 13.2 Å². The minimum Gasteiger partial charge on any atom is -0.370 e. The second kappa shape index (κ2) is 8.91. The molecule has 1 heterocycles. The summed E-state index contributed by atoms with van der Waals surface area (Å²) in [6, 6.07) is -0.0369. The Labute approximate surface area is 135 Å². The number of nitrogens with two attached hydrogens (primary N) is 1. The molecule has 0 aliphatic carbocycles. The summed E-state index contributed by atoms with van der Waals surface area (Å²) >= 11 is 0. The molecule has 3 N–H and O–H groups in total. The molecule has 4 nitrogen and oxygen atoms in total. The van der Waals surface area contributed by atoms with Crippen LogP contribution in [0.4, 0.5) is 13.2 Å². The number of aliphatic imine (C=N–C) groups is 1. The van der Waals surface area contributed by atoms with Gasteiger partial charge in [-0.05, 0) is 18.8 Å². The van der Waals surface area contributed by atoms with Crippen LogP contribution in [0.15, 0.2) is 4.99 Å². The van der Waals surface area contributed by atoms with E-state index in [0.29, 0.717) is 37.9 Å². The van der Waals surface area contributed by atoms with E-state index < -0.39 is 12.7 Å². The van der Waals surface area contributed by atoms with Gasteiger partial charge in [0.25, 0.3) is 0 Å². The van der Waals surface area contributed by atoms with Gasteiger partial charge in [-0.2, -0.15) is 13.2 Å². The normalized spacial score (nSPS) is 21.1. The van der Waals surface area contributed by atoms with Crippen LogP contribution in [0.3, 0.4) is 0 Å². The van der Waals surface area contributed by atoms with Gasteiger partial charge in [0.2, 0.25) is 0 Å². The van der Waals surface area contributed by atoms with Crippen LogP contribution in [-0.2, 0) is 0 Å². The average Bonchev–Trinajstić information content (AvgIpc) is 2.61. The number of nitrogens with one attached hydrogen (secondary N) is 1. The third-order valence-electron chi connectivity index (χ3n) is 3.02. The van der Waals surface area contributed by atoms with Crippen molar-refractivity contribution < 1.29 is 13.2 Å². The van der Waals surface area contributed by atoms with E-state index >= 15 is 0 Å². The first-order chi connectivity index (χ1) is 8.76. The monoisotopic (exact) mass is 408 g/mol. The Balaban J connectivity index is 0.00000361. The number of guanidine groups is 1. The molecule has 0 spiro atoms. The summed E-state index contributed by atoms with van der Waals surface area (Å²) in [7, 11) is 0. The quantitative estimate of drug-likeness (QED) is 0.417. The summed E-state index contributed by atoms with van der Waals surface area (Å²) in [6.45, 7) is 4.80. The Morgan fingerprint density at radius 3 is 2.65 bits per heavy atom. The van der Waals surface area contributed by atoms with Crippen LogP contribution in [0.2, 0.25) is 0 Å². The van der Waals surface area contributed by atoms with Crippen molar-refractivity contribution in [3.05, 3.63) is 0 Å². The third-order valence-corrected chi connectivity index (χ3v) is 3.02. The zero-order valence-corrected chi connectivity index (χ0v) is 14.2. The van der Waals surface area contributed by atoms with Gasteiger partial charge in [0.05, 0.1) is 6.54 Å². The Hall–Kier alpha value is -0.250. The lowest BCUT2D eigenvalue weighted by atomic mass is 10.1. The van der Waals surface area contributed by atoms with Crippen molar-refractivity contribution >= 4 is 29.9 Å². The van der Waals surface area contributed by atoms with E-state index in [2.05, 4.69) is 24.2 Å². The van der Waals surface area contributed by atoms with E-state index in [-0.39, 0.29) is 30.0 Å². The maximum absolute atomic E-state index is 12.2. The number of rotatable bonds is 5. The molecule has 1 fully saturated rings. The molecule has 0 radical (unpaired) electrons. The lowest BCUT2D eigenvalue weighted by Crippen LogP contribution is -2.42. The first kappa shape index (κ1) is 19.8. The number of halogens is 4. The number of likely N-dealkylation sites (tertiary alicyclic amines) is 1. The molecule has 1 rings (SSSR count). The molecule has 0 bridgehead atoms. The molecule has 1 aliphatic heterocycles. The van der Waals surface area contributed by atoms with Crippen molar-refractivity contribution in [3.8, 4) is 0 Å². The van der Waals surface area contributed by atoms with Crippen LogP contribution in [0.1, 0.15) is 26.7 Å². The number of alkyl halides is 3. The zero-order valence-electron chi connectivity index (χ0n) is 11.9. The highest BCUT2D eigenvalue weighted by atomic mass is 127. The zero-order chi connectivity index (χ0) is 14.5. The van der Waals surface area contributed by atoms with Gasteiger partial charge in [-0.1, -0.05) is 13.8 Å². The summed E-state index contributed by atoms with van der Waals surface area (Å²) in [5.41, 5.74) is 5.71. The molecule has 1 saturated heterocycles. The first-order valence-electron chi connectivity index (χ1n) is 6.62. The van der Waals surface area contributed by atoms with Crippen molar-refractivity contribution in [2.45, 2.75) is 38.9 Å². The lowest BCUT2D eigenvalue weighted by Gasteiger charge is -2.18. The van der Waals surface area contributed by atoms with Crippen molar-refractivity contribution in [2.75, 3.05) is 26.2 Å². The maximum Gasteiger partial charge on any atom is 0.401 e. The summed E-state index contributed by atoms with van der Waals surface area (Å²) in [5, 5.41) is 2.99. The van der Waals surface area contributed by atoms with Gasteiger partial charge < -0.3 is 11.1 Å². The van der Waals surface area contributed by atoms with Gasteiger partial charge in [0.15, 0.2) is 5.96 Å². The van der Waals surface area contributed by atoms with E-state index in [1.165, 1.54) is 4.90 Å². The summed E-state index contributed by atoms with van der Waals surface area (Å²) < 4.78 is 36.7. The number of nitrogens with zero attached hydrogens (tertiary/aromatic N) is 2. The molecular weight excluding hydrogens is 384 g/mol. The molecule has 0 amide bonds. The summed E-state index contributed by atoms with van der Waals surface area (Å²) in [6.07, 6.45) is -2.52. The van der Waals surface area contributed by atoms with Gasteiger partial charge in [-0.25, -0.2) is 0 Å². The van der Waals surface area contributed by atoms with E-state index in [1.807, 2.05) is 0 Å². The van der Waals surface area contributed by atoms with Gasteiger partial charge >= 0.3 is 6.18 Å². The Kier molecular flexibility index (Phi) is 8.80. The second-order valence-electron chi connectivity index (χ2n) is 5.43. The van der Waals surface area contributed by atoms with Crippen LogP contribution < -0.4 is 11.1 Å². The van der Waals surface area contributed by atoms with Crippen LogP contribution >= 0.6 is 24.0 Å². The molecule has 1 unspecified atom stereocenters. The molecule has 1 atom stereocenters. The maximum atomic E-state index is 12.2. The number of hydrogen-bond donors (Lipinski definition) is 2. The fourth-order valence-corrected chi connectivity index (χ4v) is 2.05. The predicted octanol–water partition coefficient (Wildman–Crippen LogP) is 2.19. The highest BCUT2D eigenvalue weighted by Gasteiger charge is 2.34. The fraction of sp³-hybridized carbons (Fsp3) is 0.917. The van der Waals surface area contributed by atoms with Crippen LogP contribution in [0.25, 0.3) is 0 Å². The largest absolute Gasteiger partial charge is 0.401 e. The molecule has 1 aliphatic rings. The van der Waals surface area contributed by atoms with Crippen LogP contribution in [-0.4, -0.2) is 49.3 Å². The SMILES string of the molecule is CC(C)CCN=C(N)NC1CCN(CC(F)(F)F)C1.I. The molecule has 0 saturated carbocycles.